The lowest BCUT2D eigenvalue weighted by atomic mass is 10.2. The zero-order valence-electron chi connectivity index (χ0n) is 5.05. The maximum Gasteiger partial charge on any atom is 0.0271 e. The molecular weight excluding hydrogens is 223 g/mol. The van der Waals surface area contributed by atoms with Gasteiger partial charge in [-0.15, -0.1) is 0 Å². The summed E-state index contributed by atoms with van der Waals surface area (Å²) in [5.74, 6) is 0. The third kappa shape index (κ3) is 2.35. The highest BCUT2D eigenvalue weighted by atomic mass is 127. The molecule has 0 aliphatic rings. The molecule has 1 heteroatoms. The van der Waals surface area contributed by atoms with Crippen molar-refractivity contribution in [2.45, 2.75) is 6.42 Å². The van der Waals surface area contributed by atoms with Crippen LogP contribution in [0.1, 0.15) is 5.56 Å². The van der Waals surface area contributed by atoms with Crippen LogP contribution in [0.15, 0.2) is 30.3 Å². The molecule has 1 aromatic rings. The lowest BCUT2D eigenvalue weighted by molar-refractivity contribution is 1.26. The predicted molar refractivity (Wildman–Crippen MR) is 48.5 cm³/mol. The van der Waals surface area contributed by atoms with Gasteiger partial charge in [0.1, 0.15) is 0 Å². The van der Waals surface area contributed by atoms with Crippen LogP contribution in [0.25, 0.3) is 0 Å². The van der Waals surface area contributed by atoms with Crippen molar-refractivity contribution in [3.63, 3.8) is 0 Å². The van der Waals surface area contributed by atoms with E-state index in [9.17, 15) is 0 Å². The molecule has 0 fully saturated rings. The van der Waals surface area contributed by atoms with Crippen LogP contribution < -0.4 is 0 Å². The van der Waals surface area contributed by atoms with Crippen molar-refractivity contribution in [2.24, 2.45) is 0 Å². The van der Waals surface area contributed by atoms with Crippen molar-refractivity contribution in [3.8, 4) is 0 Å². The highest BCUT2D eigenvalue weighted by Crippen LogP contribution is 2.04. The van der Waals surface area contributed by atoms with Crippen molar-refractivity contribution >= 4 is 22.6 Å². The number of rotatable bonds is 2. The summed E-state index contributed by atoms with van der Waals surface area (Å²) >= 11 is 2.27. The Morgan fingerprint density at radius 2 is 1.89 bits per heavy atom. The summed E-state index contributed by atoms with van der Waals surface area (Å²) in [6.07, 6.45) is 1.07. The number of benzene rings is 1. The van der Waals surface area contributed by atoms with Gasteiger partial charge in [0.05, 0.1) is 0 Å². The van der Waals surface area contributed by atoms with Gasteiger partial charge in [-0.05, 0) is 12.0 Å². The molecule has 0 bridgehead atoms. The lowest BCUT2D eigenvalue weighted by Crippen LogP contribution is -1.77. The number of hydrogen-bond acceptors (Lipinski definition) is 0. The fraction of sp³-hybridized carbons (Fsp3) is 0.125. The predicted octanol–water partition coefficient (Wildman–Crippen LogP) is 2.83. The molecule has 0 heterocycles. The van der Waals surface area contributed by atoms with Crippen LogP contribution in [-0.4, -0.2) is 0 Å². The summed E-state index contributed by atoms with van der Waals surface area (Å²) in [5, 5.41) is 0. The summed E-state index contributed by atoms with van der Waals surface area (Å²) < 4.78 is 2.13. The van der Waals surface area contributed by atoms with E-state index in [0.29, 0.717) is 0 Å². The van der Waals surface area contributed by atoms with Gasteiger partial charge in [-0.2, -0.15) is 0 Å². The van der Waals surface area contributed by atoms with Crippen LogP contribution >= 0.6 is 22.6 Å². The molecule has 0 aliphatic heterocycles. The summed E-state index contributed by atoms with van der Waals surface area (Å²) in [6.45, 7) is 0. The first kappa shape index (κ1) is 7.06. The Morgan fingerprint density at radius 1 is 1.22 bits per heavy atom. The monoisotopic (exact) mass is 231 g/mol. The van der Waals surface area contributed by atoms with Crippen molar-refractivity contribution in [3.05, 3.63) is 40.3 Å². The van der Waals surface area contributed by atoms with Crippen LogP contribution in [0.3, 0.4) is 0 Å². The highest BCUT2D eigenvalue weighted by molar-refractivity contribution is 14.1. The molecule has 0 nitrogen and oxygen atoms in total. The van der Waals surface area contributed by atoms with E-state index in [4.69, 9.17) is 0 Å². The molecule has 1 radical (unpaired) electrons. The fourth-order valence-electron chi connectivity index (χ4n) is 0.703. The average molecular weight is 231 g/mol. The van der Waals surface area contributed by atoms with Crippen LogP contribution in [0, 0.1) is 4.43 Å². The second-order valence-electron chi connectivity index (χ2n) is 1.84. The van der Waals surface area contributed by atoms with E-state index in [0.717, 1.165) is 6.42 Å². The fourth-order valence-corrected chi connectivity index (χ4v) is 1.21. The topological polar surface area (TPSA) is 0 Å². The Morgan fingerprint density at radius 3 is 2.44 bits per heavy atom. The van der Waals surface area contributed by atoms with Gasteiger partial charge in [0.25, 0.3) is 0 Å². The Bertz CT molecular complexity index is 157. The van der Waals surface area contributed by atoms with Gasteiger partial charge in [-0.1, -0.05) is 52.9 Å². The van der Waals surface area contributed by atoms with Crippen LogP contribution in [0.4, 0.5) is 0 Å². The van der Waals surface area contributed by atoms with Crippen LogP contribution in [0.5, 0.6) is 0 Å². The van der Waals surface area contributed by atoms with Gasteiger partial charge in [0.15, 0.2) is 0 Å². The van der Waals surface area contributed by atoms with Gasteiger partial charge in [-0.25, -0.2) is 0 Å². The molecule has 9 heavy (non-hydrogen) atoms. The minimum absolute atomic E-state index is 1.07. The second-order valence-corrected chi connectivity index (χ2v) is 2.72. The maximum atomic E-state index is 2.27. The van der Waals surface area contributed by atoms with Crippen molar-refractivity contribution in [1.82, 2.24) is 0 Å². The zero-order valence-corrected chi connectivity index (χ0v) is 7.21. The summed E-state index contributed by atoms with van der Waals surface area (Å²) in [6, 6.07) is 10.4. The first-order valence-corrected chi connectivity index (χ1v) is 4.14. The smallest absolute Gasteiger partial charge is 0.0271 e. The minimum atomic E-state index is 1.07. The first-order chi connectivity index (χ1) is 4.43. The van der Waals surface area contributed by atoms with Gasteiger partial charge in [0, 0.05) is 4.43 Å². The molecule has 0 N–H and O–H groups in total. The SMILES string of the molecule is I[CH]Cc1ccccc1. The van der Waals surface area contributed by atoms with Crippen molar-refractivity contribution in [1.29, 1.82) is 0 Å². The van der Waals surface area contributed by atoms with Gasteiger partial charge < -0.3 is 0 Å². The Kier molecular flexibility index (Phi) is 3.04. The molecule has 0 amide bonds. The van der Waals surface area contributed by atoms with Gasteiger partial charge >= 0.3 is 0 Å². The van der Waals surface area contributed by atoms with E-state index in [2.05, 4.69) is 51.3 Å². The molecule has 0 atom stereocenters. The van der Waals surface area contributed by atoms with E-state index in [1.165, 1.54) is 5.56 Å². The maximum absolute atomic E-state index is 2.27. The highest BCUT2D eigenvalue weighted by Gasteiger charge is 1.85. The molecule has 0 saturated carbocycles. The quantitative estimate of drug-likeness (QED) is 0.686. The van der Waals surface area contributed by atoms with E-state index in [1.807, 2.05) is 6.07 Å². The molecule has 1 aromatic carbocycles. The molecule has 0 unspecified atom stereocenters. The lowest BCUT2D eigenvalue weighted by Gasteiger charge is -1.92. The van der Waals surface area contributed by atoms with E-state index >= 15 is 0 Å². The molecule has 1 rings (SSSR count). The standard InChI is InChI=1S/C8H8I/c9-7-6-8-4-2-1-3-5-8/h1-5,7H,6H2. The van der Waals surface area contributed by atoms with E-state index in [-0.39, 0.29) is 0 Å². The number of halogens is 1. The third-order valence-corrected chi connectivity index (χ3v) is 1.60. The Balaban J connectivity index is 2.61. The molecule has 0 saturated heterocycles. The largest absolute Gasteiger partial charge is 0.0811 e. The first-order valence-electron chi connectivity index (χ1n) is 2.89. The molecule has 47 valence electrons. The Labute approximate surface area is 69.4 Å². The molecular formula is C8H8I. The average Bonchev–Trinajstić information content (AvgIpc) is 1.91. The zero-order chi connectivity index (χ0) is 6.53. The van der Waals surface area contributed by atoms with Crippen molar-refractivity contribution < 1.29 is 0 Å². The van der Waals surface area contributed by atoms with Gasteiger partial charge in [-0.3, -0.25) is 0 Å². The van der Waals surface area contributed by atoms with E-state index in [1.54, 1.807) is 0 Å². The summed E-state index contributed by atoms with van der Waals surface area (Å²) in [5.41, 5.74) is 1.38. The minimum Gasteiger partial charge on any atom is -0.0811 e. The van der Waals surface area contributed by atoms with Crippen LogP contribution in [0.2, 0.25) is 0 Å². The Hall–Kier alpha value is -0.0500. The summed E-state index contributed by atoms with van der Waals surface area (Å²) in [4.78, 5) is 0. The number of hydrogen-bond donors (Lipinski definition) is 0. The van der Waals surface area contributed by atoms with Crippen LogP contribution in [-0.2, 0) is 6.42 Å². The summed E-state index contributed by atoms with van der Waals surface area (Å²) in [7, 11) is 0. The third-order valence-electron chi connectivity index (χ3n) is 1.16. The normalized spacial score (nSPS) is 9.44. The van der Waals surface area contributed by atoms with Gasteiger partial charge in [0.2, 0.25) is 0 Å². The van der Waals surface area contributed by atoms with Crippen molar-refractivity contribution in [2.75, 3.05) is 0 Å². The molecule has 0 spiro atoms. The molecule has 0 aliphatic carbocycles. The van der Waals surface area contributed by atoms with E-state index < -0.39 is 0 Å². The molecule has 0 aromatic heterocycles. The second kappa shape index (κ2) is 3.88.